The van der Waals surface area contributed by atoms with Gasteiger partial charge in [-0.2, -0.15) is 4.39 Å². The Morgan fingerprint density at radius 2 is 1.55 bits per heavy atom. The molecular formula is C18H18F5NO4S. The maximum atomic E-state index is 14.3. The molecule has 5 nitrogen and oxygen atoms in total. The van der Waals surface area contributed by atoms with Crippen molar-refractivity contribution in [3.8, 4) is 11.5 Å². The van der Waals surface area contributed by atoms with Gasteiger partial charge in [0.1, 0.15) is 0 Å². The summed E-state index contributed by atoms with van der Waals surface area (Å²) in [5.41, 5.74) is -1.05. The molecule has 0 aliphatic heterocycles. The Bertz CT molecular complexity index is 1040. The van der Waals surface area contributed by atoms with Crippen molar-refractivity contribution in [3.05, 3.63) is 47.3 Å². The van der Waals surface area contributed by atoms with Crippen LogP contribution in [0.2, 0.25) is 0 Å². The second-order valence-corrected chi connectivity index (χ2v) is 8.84. The third kappa shape index (κ3) is 4.89. The van der Waals surface area contributed by atoms with Gasteiger partial charge >= 0.3 is 0 Å². The van der Waals surface area contributed by atoms with E-state index in [0.29, 0.717) is 6.07 Å². The monoisotopic (exact) mass is 439 g/mol. The molecule has 0 bridgehead atoms. The fraction of sp³-hybridized carbons (Fsp3) is 0.333. The molecule has 0 radical (unpaired) electrons. The van der Waals surface area contributed by atoms with Gasteiger partial charge in [-0.3, -0.25) is 4.72 Å². The fourth-order valence-corrected chi connectivity index (χ4v) is 3.44. The van der Waals surface area contributed by atoms with Gasteiger partial charge in [-0.1, -0.05) is 20.8 Å². The van der Waals surface area contributed by atoms with Crippen LogP contribution in [0.25, 0.3) is 0 Å². The van der Waals surface area contributed by atoms with Crippen molar-refractivity contribution in [2.45, 2.75) is 25.7 Å². The van der Waals surface area contributed by atoms with Crippen molar-refractivity contribution in [2.75, 3.05) is 18.4 Å². The van der Waals surface area contributed by atoms with Gasteiger partial charge in [0.2, 0.25) is 11.6 Å². The smallest absolute Gasteiger partial charge is 0.268 e. The Morgan fingerprint density at radius 1 is 0.966 bits per heavy atom. The van der Waals surface area contributed by atoms with Gasteiger partial charge in [-0.15, -0.1) is 0 Å². The lowest BCUT2D eigenvalue weighted by atomic mass is 9.99. The summed E-state index contributed by atoms with van der Waals surface area (Å²) in [6.45, 7) is 4.56. The van der Waals surface area contributed by atoms with Crippen molar-refractivity contribution >= 4 is 15.7 Å². The van der Waals surface area contributed by atoms with E-state index in [-0.39, 0.29) is 12.4 Å². The number of anilines is 1. The summed E-state index contributed by atoms with van der Waals surface area (Å²) in [6, 6.07) is 2.86. The topological polar surface area (TPSA) is 64.6 Å². The Balaban J connectivity index is 2.59. The molecule has 0 heterocycles. The number of rotatable bonds is 6. The maximum absolute atomic E-state index is 14.3. The number of hydrogen-bond donors (Lipinski definition) is 1. The van der Waals surface area contributed by atoms with Gasteiger partial charge in [0, 0.05) is 6.07 Å². The van der Waals surface area contributed by atoms with Crippen LogP contribution < -0.4 is 14.2 Å². The van der Waals surface area contributed by atoms with Crippen LogP contribution in [0, 0.1) is 34.5 Å². The number of benzene rings is 2. The highest BCUT2D eigenvalue weighted by Gasteiger charge is 2.35. The zero-order valence-electron chi connectivity index (χ0n) is 15.9. The molecule has 0 atom stereocenters. The summed E-state index contributed by atoms with van der Waals surface area (Å²) in [6.07, 6.45) is 0. The summed E-state index contributed by atoms with van der Waals surface area (Å²) in [5, 5.41) is 0. The highest BCUT2D eigenvalue weighted by atomic mass is 32.2. The largest absolute Gasteiger partial charge is 0.494 e. The van der Waals surface area contributed by atoms with Crippen molar-refractivity contribution in [3.63, 3.8) is 0 Å². The van der Waals surface area contributed by atoms with E-state index in [1.807, 2.05) is 0 Å². The first kappa shape index (κ1) is 22.7. The van der Waals surface area contributed by atoms with E-state index in [9.17, 15) is 30.4 Å². The van der Waals surface area contributed by atoms with Crippen LogP contribution in [0.15, 0.2) is 23.1 Å². The van der Waals surface area contributed by atoms with Gasteiger partial charge in [-0.25, -0.2) is 26.0 Å². The molecule has 0 saturated heterocycles. The first-order chi connectivity index (χ1) is 13.3. The summed E-state index contributed by atoms with van der Waals surface area (Å²) in [5.74, 6) is -11.2. The molecule has 0 aromatic heterocycles. The van der Waals surface area contributed by atoms with E-state index in [1.54, 1.807) is 25.5 Å². The molecule has 0 saturated carbocycles. The number of methoxy groups -OCH3 is 1. The molecule has 0 amide bonds. The van der Waals surface area contributed by atoms with Crippen molar-refractivity contribution in [1.82, 2.24) is 0 Å². The minimum Gasteiger partial charge on any atom is -0.494 e. The number of sulfonamides is 1. The molecule has 0 spiro atoms. The van der Waals surface area contributed by atoms with E-state index in [1.165, 1.54) is 7.11 Å². The summed E-state index contributed by atoms with van der Waals surface area (Å²) < 4.78 is 106. The normalized spacial score (nSPS) is 12.0. The van der Waals surface area contributed by atoms with Crippen molar-refractivity contribution in [2.24, 2.45) is 5.41 Å². The molecule has 0 fully saturated rings. The molecule has 160 valence electrons. The molecule has 2 rings (SSSR count). The molecule has 29 heavy (non-hydrogen) atoms. The van der Waals surface area contributed by atoms with Crippen LogP contribution >= 0.6 is 0 Å². The highest BCUT2D eigenvalue weighted by Crippen LogP contribution is 2.36. The number of halogens is 5. The number of ether oxygens (including phenoxy) is 2. The zero-order valence-corrected chi connectivity index (χ0v) is 16.7. The molecule has 0 aliphatic carbocycles. The van der Waals surface area contributed by atoms with E-state index >= 15 is 0 Å². The minimum atomic E-state index is -5.04. The van der Waals surface area contributed by atoms with Crippen molar-refractivity contribution in [1.29, 1.82) is 0 Å². The molecule has 0 unspecified atom stereocenters. The highest BCUT2D eigenvalue weighted by molar-refractivity contribution is 7.92. The molecule has 2 aromatic carbocycles. The Labute approximate surface area is 164 Å². The van der Waals surface area contributed by atoms with Crippen LogP contribution in [0.1, 0.15) is 20.8 Å². The molecule has 11 heteroatoms. The Morgan fingerprint density at radius 3 is 2.07 bits per heavy atom. The standard InChI is InChI=1S/C18H18F5NO4S/c1-18(2,3)8-28-16-14(22)12(20)13(21)15(23)17(16)29(25,26)24-9-5-6-11(27-4)10(19)7-9/h5-7,24H,8H2,1-4H3. The number of nitrogens with one attached hydrogen (secondary N) is 1. The second-order valence-electron chi connectivity index (χ2n) is 7.22. The lowest BCUT2D eigenvalue weighted by molar-refractivity contribution is 0.181. The Hall–Kier alpha value is -2.56. The number of hydrogen-bond acceptors (Lipinski definition) is 4. The van der Waals surface area contributed by atoms with Crippen LogP contribution in [-0.4, -0.2) is 22.1 Å². The lowest BCUT2D eigenvalue weighted by Gasteiger charge is -2.21. The zero-order chi connectivity index (χ0) is 22.1. The van der Waals surface area contributed by atoms with E-state index in [2.05, 4.69) is 4.74 Å². The van der Waals surface area contributed by atoms with Crippen molar-refractivity contribution < 1.29 is 39.8 Å². The third-order valence-corrected chi connectivity index (χ3v) is 4.91. The molecule has 0 aliphatic rings. The molecule has 1 N–H and O–H groups in total. The maximum Gasteiger partial charge on any atom is 0.268 e. The average molecular weight is 439 g/mol. The van der Waals surface area contributed by atoms with Gasteiger partial charge < -0.3 is 9.47 Å². The summed E-state index contributed by atoms with van der Waals surface area (Å²) >= 11 is 0. The van der Waals surface area contributed by atoms with E-state index in [0.717, 1.165) is 12.1 Å². The lowest BCUT2D eigenvalue weighted by Crippen LogP contribution is -2.22. The molecule has 2 aromatic rings. The minimum absolute atomic E-state index is 0.202. The summed E-state index contributed by atoms with van der Waals surface area (Å²) in [7, 11) is -3.86. The van der Waals surface area contributed by atoms with Gasteiger partial charge in [0.05, 0.1) is 19.4 Å². The first-order valence-electron chi connectivity index (χ1n) is 8.13. The quantitative estimate of drug-likeness (QED) is 0.406. The summed E-state index contributed by atoms with van der Waals surface area (Å²) in [4.78, 5) is -1.57. The third-order valence-electron chi connectivity index (χ3n) is 3.51. The van der Waals surface area contributed by atoms with Crippen LogP contribution in [0.3, 0.4) is 0 Å². The van der Waals surface area contributed by atoms with Crippen LogP contribution in [-0.2, 0) is 10.0 Å². The first-order valence-corrected chi connectivity index (χ1v) is 9.62. The van der Waals surface area contributed by atoms with Gasteiger partial charge in [0.25, 0.3) is 10.0 Å². The Kier molecular flexibility index (Phi) is 6.31. The van der Waals surface area contributed by atoms with E-state index in [4.69, 9.17) is 4.74 Å². The van der Waals surface area contributed by atoms with E-state index < -0.39 is 60.9 Å². The average Bonchev–Trinajstić information content (AvgIpc) is 2.60. The van der Waals surface area contributed by atoms with Gasteiger partial charge in [0.15, 0.2) is 33.8 Å². The van der Waals surface area contributed by atoms with Gasteiger partial charge in [-0.05, 0) is 17.5 Å². The fourth-order valence-electron chi connectivity index (χ4n) is 2.19. The van der Waals surface area contributed by atoms with Crippen LogP contribution in [0.5, 0.6) is 11.5 Å². The van der Waals surface area contributed by atoms with Crippen LogP contribution in [0.4, 0.5) is 27.6 Å². The molecular weight excluding hydrogens is 421 g/mol. The SMILES string of the molecule is COc1ccc(NS(=O)(=O)c2c(F)c(F)c(F)c(F)c2OCC(C)(C)C)cc1F. The predicted octanol–water partition coefficient (Wildman–Crippen LogP) is 4.62. The second kappa shape index (κ2) is 8.05. The predicted molar refractivity (Wildman–Crippen MR) is 95.0 cm³/mol.